The molecule has 0 amide bonds. The molecule has 1 heterocycles. The molecular formula is C15H24N4. The smallest absolute Gasteiger partial charge is 0.191 e. The van der Waals surface area contributed by atoms with Crippen LogP contribution in [0.15, 0.2) is 29.3 Å². The van der Waals surface area contributed by atoms with E-state index in [0.717, 1.165) is 32.0 Å². The fraction of sp³-hybridized carbons (Fsp3) is 0.533. The Hall–Kier alpha value is -1.71. The first-order chi connectivity index (χ1) is 9.22. The number of benzene rings is 1. The molecule has 1 aromatic carbocycles. The molecule has 2 rings (SSSR count). The number of nitrogens with zero attached hydrogens (tertiary/aromatic N) is 2. The summed E-state index contributed by atoms with van der Waals surface area (Å²) in [5.41, 5.74) is 2.62. The van der Waals surface area contributed by atoms with Crippen LogP contribution in [-0.4, -0.2) is 38.7 Å². The minimum absolute atomic E-state index is 0.471. The molecule has 1 fully saturated rings. The van der Waals surface area contributed by atoms with E-state index in [1.54, 1.807) is 0 Å². The predicted octanol–water partition coefficient (Wildman–Crippen LogP) is 1.76. The molecule has 19 heavy (non-hydrogen) atoms. The van der Waals surface area contributed by atoms with E-state index >= 15 is 0 Å². The molecular weight excluding hydrogens is 236 g/mol. The highest BCUT2D eigenvalue weighted by molar-refractivity contribution is 5.80. The topological polar surface area (TPSA) is 39.7 Å². The summed E-state index contributed by atoms with van der Waals surface area (Å²) in [6, 6.07) is 9.23. The Labute approximate surface area is 115 Å². The molecule has 1 unspecified atom stereocenters. The van der Waals surface area contributed by atoms with Crippen molar-refractivity contribution in [2.24, 2.45) is 4.99 Å². The summed E-state index contributed by atoms with van der Waals surface area (Å²) in [7, 11) is 1.82. The summed E-state index contributed by atoms with van der Waals surface area (Å²) >= 11 is 0. The van der Waals surface area contributed by atoms with Gasteiger partial charge in [0, 0.05) is 38.4 Å². The maximum atomic E-state index is 4.23. The van der Waals surface area contributed by atoms with Gasteiger partial charge in [0.2, 0.25) is 0 Å². The lowest BCUT2D eigenvalue weighted by molar-refractivity contribution is 0.652. The Morgan fingerprint density at radius 1 is 1.37 bits per heavy atom. The van der Waals surface area contributed by atoms with Gasteiger partial charge < -0.3 is 15.5 Å². The van der Waals surface area contributed by atoms with Gasteiger partial charge in [-0.1, -0.05) is 17.7 Å². The summed E-state index contributed by atoms with van der Waals surface area (Å²) in [4.78, 5) is 6.65. The molecule has 1 aromatic rings. The molecule has 1 aliphatic heterocycles. The summed E-state index contributed by atoms with van der Waals surface area (Å²) in [6.07, 6.45) is 1.15. The van der Waals surface area contributed by atoms with Crippen LogP contribution < -0.4 is 15.5 Å². The maximum absolute atomic E-state index is 4.23. The van der Waals surface area contributed by atoms with Crippen LogP contribution in [0.5, 0.6) is 0 Å². The van der Waals surface area contributed by atoms with Crippen molar-refractivity contribution in [1.29, 1.82) is 0 Å². The van der Waals surface area contributed by atoms with E-state index in [2.05, 4.69) is 58.6 Å². The van der Waals surface area contributed by atoms with Crippen molar-refractivity contribution in [2.75, 3.05) is 31.6 Å². The zero-order valence-electron chi connectivity index (χ0n) is 12.1. The summed E-state index contributed by atoms with van der Waals surface area (Å²) < 4.78 is 0. The van der Waals surface area contributed by atoms with E-state index in [0.29, 0.717) is 6.04 Å². The van der Waals surface area contributed by atoms with Crippen LogP contribution in [0.25, 0.3) is 0 Å². The maximum Gasteiger partial charge on any atom is 0.191 e. The number of rotatable bonds is 3. The third-order valence-corrected chi connectivity index (χ3v) is 3.50. The van der Waals surface area contributed by atoms with Gasteiger partial charge in [0.25, 0.3) is 0 Å². The Balaban J connectivity index is 1.91. The molecule has 0 aromatic heterocycles. The lowest BCUT2D eigenvalue weighted by Gasteiger charge is -2.20. The van der Waals surface area contributed by atoms with Crippen LogP contribution in [0.4, 0.5) is 5.69 Å². The van der Waals surface area contributed by atoms with E-state index < -0.39 is 0 Å². The van der Waals surface area contributed by atoms with Crippen LogP contribution in [0.2, 0.25) is 0 Å². The van der Waals surface area contributed by atoms with E-state index in [4.69, 9.17) is 0 Å². The fourth-order valence-corrected chi connectivity index (χ4v) is 2.42. The number of anilines is 1. The van der Waals surface area contributed by atoms with Gasteiger partial charge in [0.05, 0.1) is 0 Å². The van der Waals surface area contributed by atoms with Gasteiger partial charge in [-0.05, 0) is 32.4 Å². The van der Waals surface area contributed by atoms with Gasteiger partial charge in [-0.3, -0.25) is 4.99 Å². The van der Waals surface area contributed by atoms with E-state index in [-0.39, 0.29) is 0 Å². The quantitative estimate of drug-likeness (QED) is 0.642. The zero-order chi connectivity index (χ0) is 13.7. The van der Waals surface area contributed by atoms with Crippen molar-refractivity contribution in [2.45, 2.75) is 26.3 Å². The second-order valence-electron chi connectivity index (χ2n) is 5.01. The number of nitrogens with one attached hydrogen (secondary N) is 2. The minimum Gasteiger partial charge on any atom is -0.369 e. The van der Waals surface area contributed by atoms with Crippen LogP contribution >= 0.6 is 0 Å². The molecule has 4 nitrogen and oxygen atoms in total. The SMILES string of the molecule is CCNC(=NC)NC1CCN(c2ccc(C)cc2)C1. The van der Waals surface area contributed by atoms with Crippen LogP contribution in [0, 0.1) is 6.92 Å². The van der Waals surface area contributed by atoms with Crippen molar-refractivity contribution in [3.63, 3.8) is 0 Å². The number of aryl methyl sites for hydroxylation is 1. The van der Waals surface area contributed by atoms with E-state index in [1.165, 1.54) is 11.3 Å². The summed E-state index contributed by atoms with van der Waals surface area (Å²) in [5, 5.41) is 6.72. The molecule has 104 valence electrons. The fourth-order valence-electron chi connectivity index (χ4n) is 2.42. The number of hydrogen-bond donors (Lipinski definition) is 2. The summed E-state index contributed by atoms with van der Waals surface area (Å²) in [6.45, 7) is 7.24. The van der Waals surface area contributed by atoms with Gasteiger partial charge in [-0.15, -0.1) is 0 Å². The standard InChI is InChI=1S/C15H24N4/c1-4-17-15(16-3)18-13-9-10-19(11-13)14-7-5-12(2)6-8-14/h5-8,13H,4,9-11H2,1-3H3,(H2,16,17,18). The molecule has 1 atom stereocenters. The van der Waals surface area contributed by atoms with Crippen molar-refractivity contribution in [1.82, 2.24) is 10.6 Å². The van der Waals surface area contributed by atoms with Gasteiger partial charge in [0.1, 0.15) is 0 Å². The molecule has 0 saturated carbocycles. The lowest BCUT2D eigenvalue weighted by Crippen LogP contribution is -2.44. The van der Waals surface area contributed by atoms with Crippen LogP contribution in [0.1, 0.15) is 18.9 Å². The predicted molar refractivity (Wildman–Crippen MR) is 82.0 cm³/mol. The monoisotopic (exact) mass is 260 g/mol. The average Bonchev–Trinajstić information content (AvgIpc) is 2.87. The molecule has 1 saturated heterocycles. The minimum atomic E-state index is 0.471. The van der Waals surface area contributed by atoms with Gasteiger partial charge in [-0.25, -0.2) is 0 Å². The zero-order valence-corrected chi connectivity index (χ0v) is 12.1. The van der Waals surface area contributed by atoms with E-state index in [9.17, 15) is 0 Å². The first kappa shape index (κ1) is 13.7. The first-order valence-corrected chi connectivity index (χ1v) is 7.01. The first-order valence-electron chi connectivity index (χ1n) is 7.01. The average molecular weight is 260 g/mol. The van der Waals surface area contributed by atoms with Gasteiger partial charge >= 0.3 is 0 Å². The Morgan fingerprint density at radius 3 is 2.74 bits per heavy atom. The number of aliphatic imine (C=N–C) groups is 1. The van der Waals surface area contributed by atoms with Crippen molar-refractivity contribution < 1.29 is 0 Å². The molecule has 0 spiro atoms. The highest BCUT2D eigenvalue weighted by Crippen LogP contribution is 2.20. The van der Waals surface area contributed by atoms with Crippen LogP contribution in [-0.2, 0) is 0 Å². The highest BCUT2D eigenvalue weighted by atomic mass is 15.2. The number of guanidine groups is 1. The second kappa shape index (κ2) is 6.45. The third kappa shape index (κ3) is 3.63. The van der Waals surface area contributed by atoms with Crippen molar-refractivity contribution >= 4 is 11.6 Å². The normalized spacial score (nSPS) is 19.6. The van der Waals surface area contributed by atoms with E-state index in [1.807, 2.05) is 7.05 Å². The molecule has 1 aliphatic rings. The Morgan fingerprint density at radius 2 is 2.11 bits per heavy atom. The second-order valence-corrected chi connectivity index (χ2v) is 5.01. The summed E-state index contributed by atoms with van der Waals surface area (Å²) in [5.74, 6) is 0.901. The largest absolute Gasteiger partial charge is 0.369 e. The van der Waals surface area contributed by atoms with Gasteiger partial charge in [0.15, 0.2) is 5.96 Å². The van der Waals surface area contributed by atoms with Gasteiger partial charge in [-0.2, -0.15) is 0 Å². The van der Waals surface area contributed by atoms with Crippen molar-refractivity contribution in [3.8, 4) is 0 Å². The Bertz CT molecular complexity index is 424. The lowest BCUT2D eigenvalue weighted by atomic mass is 10.2. The number of hydrogen-bond acceptors (Lipinski definition) is 2. The Kier molecular flexibility index (Phi) is 4.66. The molecule has 2 N–H and O–H groups in total. The highest BCUT2D eigenvalue weighted by Gasteiger charge is 2.23. The van der Waals surface area contributed by atoms with Crippen LogP contribution in [0.3, 0.4) is 0 Å². The molecule has 0 radical (unpaired) electrons. The van der Waals surface area contributed by atoms with Crippen molar-refractivity contribution in [3.05, 3.63) is 29.8 Å². The third-order valence-electron chi connectivity index (χ3n) is 3.50. The molecule has 0 aliphatic carbocycles. The molecule has 0 bridgehead atoms. The molecule has 4 heteroatoms.